The van der Waals surface area contributed by atoms with Crippen molar-refractivity contribution in [2.45, 2.75) is 19.8 Å². The zero-order valence-electron chi connectivity index (χ0n) is 17.3. The van der Waals surface area contributed by atoms with E-state index < -0.39 is 0 Å². The minimum absolute atomic E-state index is 0.0133. The molecule has 1 N–H and O–H groups in total. The third-order valence-corrected chi connectivity index (χ3v) is 5.49. The van der Waals surface area contributed by atoms with E-state index in [0.717, 1.165) is 28.6 Å². The Balaban J connectivity index is 1.34. The first-order valence-corrected chi connectivity index (χ1v) is 10.5. The van der Waals surface area contributed by atoms with E-state index in [0.29, 0.717) is 44.8 Å². The van der Waals surface area contributed by atoms with Crippen molar-refractivity contribution in [2.75, 3.05) is 32.8 Å². The molecule has 0 unspecified atom stereocenters. The zero-order valence-corrected chi connectivity index (χ0v) is 17.3. The normalized spacial score (nSPS) is 14.2. The number of aromatic nitrogens is 1. The predicted molar refractivity (Wildman–Crippen MR) is 117 cm³/mol. The number of H-pyrrole nitrogens is 1. The van der Waals surface area contributed by atoms with Crippen LogP contribution in [-0.4, -0.2) is 59.4 Å². The Morgan fingerprint density at radius 2 is 1.77 bits per heavy atom. The number of carbonyl (C=O) groups is 2. The molecule has 2 amide bonds. The van der Waals surface area contributed by atoms with Crippen LogP contribution in [0.25, 0.3) is 10.9 Å². The molecule has 156 valence electrons. The molecule has 0 saturated carbocycles. The molecule has 2 heterocycles. The van der Waals surface area contributed by atoms with Crippen LogP contribution in [0.15, 0.2) is 54.7 Å². The van der Waals surface area contributed by atoms with Crippen molar-refractivity contribution < 1.29 is 14.3 Å². The number of fused-ring (bicyclic) bond motifs is 1. The standard InChI is InChI=1S/C24H27N3O3/c1-2-14-30-20-7-5-6-18(15-20)24(29)27-12-10-26(11-13-27)23(28)16-19-17-25-22-9-4-3-8-21(19)22/h3-9,15,17,25H,2,10-14,16H2,1H3. The van der Waals surface area contributed by atoms with Crippen LogP contribution in [0.4, 0.5) is 0 Å². The van der Waals surface area contributed by atoms with Crippen molar-refractivity contribution in [1.82, 2.24) is 14.8 Å². The van der Waals surface area contributed by atoms with Crippen molar-refractivity contribution in [3.63, 3.8) is 0 Å². The maximum Gasteiger partial charge on any atom is 0.254 e. The van der Waals surface area contributed by atoms with Gasteiger partial charge in [0.15, 0.2) is 0 Å². The van der Waals surface area contributed by atoms with Gasteiger partial charge in [-0.25, -0.2) is 0 Å². The second-order valence-corrected chi connectivity index (χ2v) is 7.59. The molecule has 6 nitrogen and oxygen atoms in total. The highest BCUT2D eigenvalue weighted by Crippen LogP contribution is 2.20. The summed E-state index contributed by atoms with van der Waals surface area (Å²) in [4.78, 5) is 32.5. The average molecular weight is 405 g/mol. The summed E-state index contributed by atoms with van der Waals surface area (Å²) in [6.07, 6.45) is 3.21. The Hall–Kier alpha value is -3.28. The number of piperazine rings is 1. The molecule has 4 rings (SSSR count). The summed E-state index contributed by atoms with van der Waals surface area (Å²) in [5.74, 6) is 0.803. The number of nitrogens with one attached hydrogen (secondary N) is 1. The molecule has 1 aromatic heterocycles. The molecule has 1 saturated heterocycles. The predicted octanol–water partition coefficient (Wildman–Crippen LogP) is 3.48. The Labute approximate surface area is 176 Å². The second kappa shape index (κ2) is 9.03. The van der Waals surface area contributed by atoms with E-state index in [9.17, 15) is 9.59 Å². The molecule has 0 spiro atoms. The van der Waals surface area contributed by atoms with E-state index in [-0.39, 0.29) is 11.8 Å². The van der Waals surface area contributed by atoms with E-state index in [2.05, 4.69) is 4.98 Å². The van der Waals surface area contributed by atoms with Crippen molar-refractivity contribution in [1.29, 1.82) is 0 Å². The quantitative estimate of drug-likeness (QED) is 0.683. The number of para-hydroxylation sites is 1. The smallest absolute Gasteiger partial charge is 0.254 e. The minimum atomic E-state index is -0.0133. The summed E-state index contributed by atoms with van der Waals surface area (Å²) >= 11 is 0. The molecule has 1 fully saturated rings. The Bertz CT molecular complexity index is 1030. The largest absolute Gasteiger partial charge is 0.494 e. The first-order valence-electron chi connectivity index (χ1n) is 10.5. The van der Waals surface area contributed by atoms with Gasteiger partial charge in [-0.3, -0.25) is 9.59 Å². The lowest BCUT2D eigenvalue weighted by molar-refractivity contribution is -0.131. The van der Waals surface area contributed by atoms with E-state index in [1.807, 2.05) is 65.4 Å². The van der Waals surface area contributed by atoms with E-state index >= 15 is 0 Å². The van der Waals surface area contributed by atoms with Crippen LogP contribution in [0.3, 0.4) is 0 Å². The van der Waals surface area contributed by atoms with Gasteiger partial charge in [-0.05, 0) is 36.2 Å². The molecule has 6 heteroatoms. The van der Waals surface area contributed by atoms with Gasteiger partial charge in [0.25, 0.3) is 5.91 Å². The van der Waals surface area contributed by atoms with E-state index in [1.165, 1.54) is 0 Å². The molecule has 0 atom stereocenters. The van der Waals surface area contributed by atoms with Crippen LogP contribution >= 0.6 is 0 Å². The van der Waals surface area contributed by atoms with E-state index in [1.54, 1.807) is 6.07 Å². The van der Waals surface area contributed by atoms with Crippen molar-refractivity contribution in [2.24, 2.45) is 0 Å². The summed E-state index contributed by atoms with van der Waals surface area (Å²) in [5.41, 5.74) is 2.68. The average Bonchev–Trinajstić information content (AvgIpc) is 3.20. The number of carbonyl (C=O) groups excluding carboxylic acids is 2. The van der Waals surface area contributed by atoms with Gasteiger partial charge < -0.3 is 19.5 Å². The van der Waals surface area contributed by atoms with Gasteiger partial charge in [0.2, 0.25) is 5.91 Å². The third kappa shape index (κ3) is 4.32. The number of rotatable bonds is 6. The van der Waals surface area contributed by atoms with Gasteiger partial charge in [-0.1, -0.05) is 31.2 Å². The van der Waals surface area contributed by atoms with Crippen LogP contribution < -0.4 is 4.74 Å². The number of hydrogen-bond donors (Lipinski definition) is 1. The Morgan fingerprint density at radius 3 is 2.57 bits per heavy atom. The first kappa shape index (κ1) is 20.0. The fraction of sp³-hybridized carbons (Fsp3) is 0.333. The fourth-order valence-electron chi connectivity index (χ4n) is 3.83. The maximum atomic E-state index is 12.9. The Kier molecular flexibility index (Phi) is 6.02. The van der Waals surface area contributed by atoms with Crippen LogP contribution in [0.2, 0.25) is 0 Å². The second-order valence-electron chi connectivity index (χ2n) is 7.59. The summed E-state index contributed by atoms with van der Waals surface area (Å²) in [6.45, 7) is 4.87. The van der Waals surface area contributed by atoms with Gasteiger partial charge in [-0.15, -0.1) is 0 Å². The first-order chi connectivity index (χ1) is 14.7. The Morgan fingerprint density at radius 1 is 1.00 bits per heavy atom. The number of ether oxygens (including phenoxy) is 1. The summed E-state index contributed by atoms with van der Waals surface area (Å²) in [7, 11) is 0. The zero-order chi connectivity index (χ0) is 20.9. The lowest BCUT2D eigenvalue weighted by Crippen LogP contribution is -2.51. The van der Waals surface area contributed by atoms with E-state index in [4.69, 9.17) is 4.74 Å². The van der Waals surface area contributed by atoms with Crippen molar-refractivity contribution >= 4 is 22.7 Å². The van der Waals surface area contributed by atoms with Crippen molar-refractivity contribution in [3.8, 4) is 5.75 Å². The van der Waals surface area contributed by atoms with Gasteiger partial charge in [-0.2, -0.15) is 0 Å². The number of amides is 2. The molecule has 0 bridgehead atoms. The molecule has 30 heavy (non-hydrogen) atoms. The molecule has 0 radical (unpaired) electrons. The minimum Gasteiger partial charge on any atom is -0.494 e. The van der Waals surface area contributed by atoms with Gasteiger partial charge in [0.05, 0.1) is 13.0 Å². The topological polar surface area (TPSA) is 65.6 Å². The molecule has 2 aromatic carbocycles. The molecule has 0 aliphatic carbocycles. The van der Waals surface area contributed by atoms with Crippen LogP contribution in [0.5, 0.6) is 5.75 Å². The summed E-state index contributed by atoms with van der Waals surface area (Å²) < 4.78 is 5.64. The SMILES string of the molecule is CCCOc1cccc(C(=O)N2CCN(C(=O)Cc3c[nH]c4ccccc34)CC2)c1. The lowest BCUT2D eigenvalue weighted by Gasteiger charge is -2.35. The fourth-order valence-corrected chi connectivity index (χ4v) is 3.83. The summed E-state index contributed by atoms with van der Waals surface area (Å²) in [6, 6.07) is 15.3. The summed E-state index contributed by atoms with van der Waals surface area (Å²) in [5, 5.41) is 1.09. The number of hydrogen-bond acceptors (Lipinski definition) is 3. The van der Waals surface area contributed by atoms with Gasteiger partial charge in [0, 0.05) is 48.8 Å². The van der Waals surface area contributed by atoms with Gasteiger partial charge >= 0.3 is 0 Å². The number of aromatic amines is 1. The van der Waals surface area contributed by atoms with Crippen LogP contribution in [-0.2, 0) is 11.2 Å². The molecule has 1 aliphatic rings. The maximum absolute atomic E-state index is 12.9. The highest BCUT2D eigenvalue weighted by molar-refractivity contribution is 5.95. The molecular weight excluding hydrogens is 378 g/mol. The highest BCUT2D eigenvalue weighted by atomic mass is 16.5. The lowest BCUT2D eigenvalue weighted by atomic mass is 10.1. The highest BCUT2D eigenvalue weighted by Gasteiger charge is 2.25. The monoisotopic (exact) mass is 405 g/mol. The van der Waals surface area contributed by atoms with Crippen molar-refractivity contribution in [3.05, 3.63) is 65.9 Å². The van der Waals surface area contributed by atoms with Crippen LogP contribution in [0, 0.1) is 0 Å². The molecule has 1 aliphatic heterocycles. The van der Waals surface area contributed by atoms with Crippen LogP contribution in [0.1, 0.15) is 29.3 Å². The third-order valence-electron chi connectivity index (χ3n) is 5.49. The number of benzene rings is 2. The molecular formula is C24H27N3O3. The molecule has 3 aromatic rings. The van der Waals surface area contributed by atoms with Gasteiger partial charge in [0.1, 0.15) is 5.75 Å². The number of nitrogens with zero attached hydrogens (tertiary/aromatic N) is 2.